The van der Waals surface area contributed by atoms with Crippen LogP contribution in [-0.4, -0.2) is 8.80 Å². The molecule has 0 heterocycles. The first-order chi connectivity index (χ1) is 14.5. The molecule has 31 heavy (non-hydrogen) atoms. The summed E-state index contributed by atoms with van der Waals surface area (Å²) in [7, 11) is -1.26. The van der Waals surface area contributed by atoms with E-state index in [0.29, 0.717) is 11.1 Å². The average Bonchev–Trinajstić information content (AvgIpc) is 2.61. The van der Waals surface area contributed by atoms with Gasteiger partial charge in [0.15, 0.2) is 0 Å². The molecule has 1 heteroatoms. The lowest BCUT2D eigenvalue weighted by Crippen LogP contribution is -2.39. The molecular weight excluding hydrogens is 388 g/mol. The molecular formula is C30H40Si. The molecule has 0 saturated carbocycles. The maximum atomic E-state index is 2.45. The fourth-order valence-corrected chi connectivity index (χ4v) is 10.1. The molecule has 0 aliphatic carbocycles. The third kappa shape index (κ3) is 4.57. The van der Waals surface area contributed by atoms with Gasteiger partial charge in [-0.15, -0.1) is 0 Å². The molecule has 0 radical (unpaired) electrons. The van der Waals surface area contributed by atoms with Crippen LogP contribution in [0, 0.1) is 41.5 Å². The van der Waals surface area contributed by atoms with Gasteiger partial charge in [-0.2, -0.15) is 0 Å². The molecule has 3 aromatic rings. The van der Waals surface area contributed by atoms with Crippen molar-refractivity contribution in [1.29, 1.82) is 0 Å². The van der Waals surface area contributed by atoms with Gasteiger partial charge in [0.25, 0.3) is 0 Å². The Hall–Kier alpha value is -2.12. The molecule has 3 rings (SSSR count). The summed E-state index contributed by atoms with van der Waals surface area (Å²) < 4.78 is 0. The highest BCUT2D eigenvalue weighted by atomic mass is 28.3. The minimum atomic E-state index is -1.26. The Morgan fingerprint density at radius 3 is 1.16 bits per heavy atom. The van der Waals surface area contributed by atoms with Crippen LogP contribution in [0.5, 0.6) is 0 Å². The predicted octanol–water partition coefficient (Wildman–Crippen LogP) is 8.13. The van der Waals surface area contributed by atoms with Gasteiger partial charge >= 0.3 is 0 Å². The normalized spacial score (nSPS) is 11.8. The molecule has 0 unspecified atom stereocenters. The summed E-state index contributed by atoms with van der Waals surface area (Å²) in [5, 5.41) is 1.66. The van der Waals surface area contributed by atoms with Gasteiger partial charge < -0.3 is 0 Å². The lowest BCUT2D eigenvalue weighted by molar-refractivity contribution is 0.951. The van der Waals surface area contributed by atoms with Gasteiger partial charge in [0.1, 0.15) is 0 Å². The van der Waals surface area contributed by atoms with Crippen LogP contribution >= 0.6 is 0 Å². The second kappa shape index (κ2) is 9.16. The molecule has 164 valence electrons. The minimum Gasteiger partial charge on any atom is -0.0651 e. The Morgan fingerprint density at radius 1 is 0.548 bits per heavy atom. The molecule has 0 spiro atoms. The fraction of sp³-hybridized carbons (Fsp3) is 0.400. The van der Waals surface area contributed by atoms with E-state index in [4.69, 9.17) is 0 Å². The zero-order valence-corrected chi connectivity index (χ0v) is 22.4. The summed E-state index contributed by atoms with van der Waals surface area (Å²) >= 11 is 0. The van der Waals surface area contributed by atoms with E-state index in [9.17, 15) is 0 Å². The minimum absolute atomic E-state index is 0.706. The molecule has 0 amide bonds. The standard InChI is InChI=1S/C30H40Si/c1-18(2)31(19(3)4)30-26(28-22(7)14-20(5)15-23(28)8)12-11-13-27(30)29-24(9)16-21(6)17-25(29)10/h11-19,31H,1-10H3. The number of hydrogen-bond donors (Lipinski definition) is 0. The molecule has 0 bridgehead atoms. The van der Waals surface area contributed by atoms with Gasteiger partial charge in [-0.3, -0.25) is 0 Å². The highest BCUT2D eigenvalue weighted by Crippen LogP contribution is 2.36. The largest absolute Gasteiger partial charge is 0.0775 e. The number of hydrogen-bond acceptors (Lipinski definition) is 0. The molecule has 0 aromatic heterocycles. The maximum Gasteiger partial charge on any atom is 0.0775 e. The van der Waals surface area contributed by atoms with E-state index < -0.39 is 8.80 Å². The van der Waals surface area contributed by atoms with Gasteiger partial charge in [-0.05, 0) is 102 Å². The Balaban J connectivity index is 2.47. The zero-order valence-electron chi connectivity index (χ0n) is 21.3. The Kier molecular flexibility index (Phi) is 6.96. The van der Waals surface area contributed by atoms with E-state index in [0.717, 1.165) is 0 Å². The van der Waals surface area contributed by atoms with Crippen molar-refractivity contribution in [3.63, 3.8) is 0 Å². The monoisotopic (exact) mass is 428 g/mol. The van der Waals surface area contributed by atoms with Crippen molar-refractivity contribution in [1.82, 2.24) is 0 Å². The second-order valence-electron chi connectivity index (χ2n) is 10.3. The highest BCUT2D eigenvalue weighted by molar-refractivity contribution is 6.78. The van der Waals surface area contributed by atoms with Crippen molar-refractivity contribution in [2.45, 2.75) is 80.3 Å². The summed E-state index contributed by atoms with van der Waals surface area (Å²) in [5.74, 6) is 0. The van der Waals surface area contributed by atoms with E-state index in [-0.39, 0.29) is 0 Å². The van der Waals surface area contributed by atoms with E-state index >= 15 is 0 Å². The van der Waals surface area contributed by atoms with Crippen molar-refractivity contribution >= 4 is 14.0 Å². The summed E-state index contributed by atoms with van der Waals surface area (Å²) in [4.78, 5) is 0. The third-order valence-electron chi connectivity index (χ3n) is 6.77. The van der Waals surface area contributed by atoms with Gasteiger partial charge in [0, 0.05) is 0 Å². The molecule has 0 aliphatic heterocycles. The summed E-state index contributed by atoms with van der Waals surface area (Å²) in [6, 6.07) is 16.5. The Morgan fingerprint density at radius 2 is 0.871 bits per heavy atom. The van der Waals surface area contributed by atoms with Gasteiger partial charge in [0.05, 0.1) is 8.80 Å². The molecule has 0 N–H and O–H groups in total. The third-order valence-corrected chi connectivity index (χ3v) is 10.9. The van der Waals surface area contributed by atoms with Crippen molar-refractivity contribution in [2.24, 2.45) is 0 Å². The Bertz CT molecular complexity index is 972. The van der Waals surface area contributed by atoms with Crippen LogP contribution in [0.3, 0.4) is 0 Å². The summed E-state index contributed by atoms with van der Waals surface area (Å²) in [6.07, 6.45) is 0. The second-order valence-corrected chi connectivity index (χ2v) is 14.6. The highest BCUT2D eigenvalue weighted by Gasteiger charge is 2.29. The smallest absolute Gasteiger partial charge is 0.0651 e. The van der Waals surface area contributed by atoms with E-state index in [1.54, 1.807) is 5.19 Å². The van der Waals surface area contributed by atoms with Crippen molar-refractivity contribution in [3.05, 3.63) is 75.8 Å². The number of rotatable bonds is 5. The van der Waals surface area contributed by atoms with Gasteiger partial charge in [0.2, 0.25) is 0 Å². The van der Waals surface area contributed by atoms with Crippen LogP contribution in [0.25, 0.3) is 22.3 Å². The fourth-order valence-electron chi connectivity index (χ4n) is 6.01. The predicted molar refractivity (Wildman–Crippen MR) is 143 cm³/mol. The first-order valence-corrected chi connectivity index (χ1v) is 13.7. The number of aryl methyl sites for hydroxylation is 6. The molecule has 0 fully saturated rings. The first-order valence-electron chi connectivity index (χ1n) is 11.8. The molecule has 0 aliphatic rings. The van der Waals surface area contributed by atoms with Crippen LogP contribution in [0.2, 0.25) is 11.1 Å². The quantitative estimate of drug-likeness (QED) is 0.360. The average molecular weight is 429 g/mol. The maximum absolute atomic E-state index is 2.45. The summed E-state index contributed by atoms with van der Waals surface area (Å²) in [5.41, 5.74) is 15.5. The molecule has 0 saturated heterocycles. The summed E-state index contributed by atoms with van der Waals surface area (Å²) in [6.45, 7) is 23.3. The van der Waals surface area contributed by atoms with Gasteiger partial charge in [-0.25, -0.2) is 0 Å². The van der Waals surface area contributed by atoms with Crippen molar-refractivity contribution < 1.29 is 0 Å². The zero-order chi connectivity index (χ0) is 23.0. The molecule has 3 aromatic carbocycles. The lowest BCUT2D eigenvalue weighted by atomic mass is 9.89. The van der Waals surface area contributed by atoms with Gasteiger partial charge in [-0.1, -0.05) is 81.3 Å². The lowest BCUT2D eigenvalue weighted by Gasteiger charge is -2.31. The first kappa shape index (κ1) is 23.5. The van der Waals surface area contributed by atoms with Crippen LogP contribution in [0.1, 0.15) is 61.1 Å². The van der Waals surface area contributed by atoms with Crippen LogP contribution < -0.4 is 5.19 Å². The van der Waals surface area contributed by atoms with Crippen LogP contribution in [0.4, 0.5) is 0 Å². The van der Waals surface area contributed by atoms with Crippen molar-refractivity contribution in [3.8, 4) is 22.3 Å². The topological polar surface area (TPSA) is 0 Å². The SMILES string of the molecule is Cc1cc(C)c(-c2cccc(-c3c(C)cc(C)cc3C)c2[SiH](C(C)C)C(C)C)c(C)c1. The van der Waals surface area contributed by atoms with E-state index in [1.807, 2.05) is 0 Å². The van der Waals surface area contributed by atoms with Crippen LogP contribution in [0.15, 0.2) is 42.5 Å². The van der Waals surface area contributed by atoms with Crippen LogP contribution in [-0.2, 0) is 0 Å². The molecule has 0 nitrogen and oxygen atoms in total. The molecule has 0 atom stereocenters. The number of benzene rings is 3. The van der Waals surface area contributed by atoms with E-state index in [2.05, 4.69) is 112 Å². The van der Waals surface area contributed by atoms with Crippen molar-refractivity contribution in [2.75, 3.05) is 0 Å². The van der Waals surface area contributed by atoms with E-state index in [1.165, 1.54) is 55.6 Å². The Labute approximate surface area is 192 Å².